The van der Waals surface area contributed by atoms with E-state index in [1.165, 1.54) is 29.8 Å². The monoisotopic (exact) mass is 690 g/mol. The van der Waals surface area contributed by atoms with E-state index >= 15 is 0 Å². The lowest BCUT2D eigenvalue weighted by Gasteiger charge is -2.37. The predicted octanol–water partition coefficient (Wildman–Crippen LogP) is 4.11. The molecule has 0 radical (unpaired) electrons. The summed E-state index contributed by atoms with van der Waals surface area (Å²) in [6.45, 7) is 6.61. The highest BCUT2D eigenvalue weighted by atomic mass is 35.5. The highest BCUT2D eigenvalue weighted by molar-refractivity contribution is 6.34. The van der Waals surface area contributed by atoms with Crippen molar-refractivity contribution < 1.29 is 32.3 Å². The average Bonchev–Trinajstić information content (AvgIpc) is 3.63. The molecule has 4 heterocycles. The Hall–Kier alpha value is -4.24. The minimum atomic E-state index is -4.82. The number of amides is 3. The first-order valence-electron chi connectivity index (χ1n) is 15.8. The Morgan fingerprint density at radius 3 is 2.35 bits per heavy atom. The van der Waals surface area contributed by atoms with Crippen LogP contribution in [0.5, 0.6) is 0 Å². The molecule has 2 aliphatic heterocycles. The molecule has 2 saturated heterocycles. The van der Waals surface area contributed by atoms with Crippen LogP contribution in [-0.4, -0.2) is 91.9 Å². The molecule has 0 aliphatic carbocycles. The van der Waals surface area contributed by atoms with Crippen LogP contribution in [-0.2, 0) is 29.4 Å². The number of ketones is 1. The number of piperidine rings is 1. The van der Waals surface area contributed by atoms with E-state index in [2.05, 4.69) is 20.7 Å². The van der Waals surface area contributed by atoms with Crippen LogP contribution in [0, 0.1) is 11.8 Å². The molecule has 3 amide bonds. The summed E-state index contributed by atoms with van der Waals surface area (Å²) in [6, 6.07) is 4.40. The number of rotatable bonds is 9. The normalized spacial score (nSPS) is 16.0. The molecule has 1 aromatic carbocycles. The quantitative estimate of drug-likeness (QED) is 0.345. The number of piperazine rings is 1. The van der Waals surface area contributed by atoms with Gasteiger partial charge in [0.15, 0.2) is 17.3 Å². The Labute approximate surface area is 280 Å². The van der Waals surface area contributed by atoms with Crippen molar-refractivity contribution in [1.82, 2.24) is 34.4 Å². The number of hydrogen-bond acceptors (Lipinski definition) is 7. The Morgan fingerprint density at radius 2 is 1.73 bits per heavy atom. The second-order valence-corrected chi connectivity index (χ2v) is 12.9. The van der Waals surface area contributed by atoms with Crippen molar-refractivity contribution in [3.05, 3.63) is 52.7 Å². The first kappa shape index (κ1) is 35.1. The molecular formula is C32H38ClF3N8O4. The molecule has 0 bridgehead atoms. The van der Waals surface area contributed by atoms with Gasteiger partial charge in [0.05, 0.1) is 34.6 Å². The van der Waals surface area contributed by atoms with Gasteiger partial charge in [-0.2, -0.15) is 18.3 Å². The fourth-order valence-electron chi connectivity index (χ4n) is 6.05. The van der Waals surface area contributed by atoms with Gasteiger partial charge in [0.25, 0.3) is 11.8 Å². The number of carbonyl (C=O) groups is 4. The minimum absolute atomic E-state index is 0.00998. The lowest BCUT2D eigenvalue weighted by Crippen LogP contribution is -2.52. The van der Waals surface area contributed by atoms with Crippen LogP contribution in [0.3, 0.4) is 0 Å². The minimum Gasteiger partial charge on any atom is -0.339 e. The van der Waals surface area contributed by atoms with E-state index in [0.29, 0.717) is 26.2 Å². The van der Waals surface area contributed by atoms with Crippen LogP contribution in [0.25, 0.3) is 11.3 Å². The molecule has 0 spiro atoms. The lowest BCUT2D eigenvalue weighted by molar-refractivity contribution is -0.141. The molecule has 0 unspecified atom stereocenters. The molecular weight excluding hydrogens is 653 g/mol. The van der Waals surface area contributed by atoms with E-state index < -0.39 is 17.8 Å². The van der Waals surface area contributed by atoms with Crippen molar-refractivity contribution in [2.75, 3.05) is 44.6 Å². The first-order valence-corrected chi connectivity index (χ1v) is 16.2. The van der Waals surface area contributed by atoms with E-state index in [4.69, 9.17) is 11.6 Å². The van der Waals surface area contributed by atoms with Crippen LogP contribution in [0.15, 0.2) is 30.6 Å². The number of hydrogen-bond donors (Lipinski definition) is 2. The Balaban J connectivity index is 1.24. The number of halogens is 4. The van der Waals surface area contributed by atoms with Crippen LogP contribution < -0.4 is 10.6 Å². The average molecular weight is 691 g/mol. The van der Waals surface area contributed by atoms with Crippen molar-refractivity contribution in [2.24, 2.45) is 18.9 Å². The standard InChI is InChI=1S/C32H38ClF3N8O4/c1-19(2)14-22(45)17-44-18-24(27(40-44)32(34,35)36)26-16-38-28(41(26)3)29(46)39-21-4-5-23(25(33)15-21)31(48)43-12-10-42(11-13-43)30(47)20-6-8-37-9-7-20/h4-5,15-16,18-20,37H,6-14,17H2,1-3H3,(H,39,46). The zero-order valence-corrected chi connectivity index (χ0v) is 27.7. The molecule has 258 valence electrons. The van der Waals surface area contributed by atoms with Gasteiger partial charge in [-0.25, -0.2) is 4.98 Å². The summed E-state index contributed by atoms with van der Waals surface area (Å²) in [5.74, 6) is -1.28. The third-order valence-electron chi connectivity index (χ3n) is 8.50. The number of carbonyl (C=O) groups excluding carboxylic acids is 4. The van der Waals surface area contributed by atoms with Crippen LogP contribution in [0.2, 0.25) is 5.02 Å². The third-order valence-corrected chi connectivity index (χ3v) is 8.81. The molecule has 48 heavy (non-hydrogen) atoms. The van der Waals surface area contributed by atoms with E-state index in [1.54, 1.807) is 4.90 Å². The summed E-state index contributed by atoms with van der Waals surface area (Å²) < 4.78 is 43.9. The van der Waals surface area contributed by atoms with Gasteiger partial charge in [-0.3, -0.25) is 23.9 Å². The zero-order chi connectivity index (χ0) is 34.7. The van der Waals surface area contributed by atoms with Crippen molar-refractivity contribution in [2.45, 2.75) is 45.8 Å². The maximum absolute atomic E-state index is 13.9. The van der Waals surface area contributed by atoms with Crippen LogP contribution >= 0.6 is 11.6 Å². The Morgan fingerprint density at radius 1 is 1.06 bits per heavy atom. The van der Waals surface area contributed by atoms with E-state index in [1.807, 2.05) is 18.7 Å². The summed E-state index contributed by atoms with van der Waals surface area (Å²) in [5, 5.41) is 9.61. The molecule has 12 nitrogen and oxygen atoms in total. The van der Waals surface area contributed by atoms with Gasteiger partial charge in [0, 0.05) is 57.4 Å². The van der Waals surface area contributed by atoms with Crippen LogP contribution in [0.1, 0.15) is 59.8 Å². The molecule has 2 aromatic heterocycles. The zero-order valence-electron chi connectivity index (χ0n) is 26.9. The molecule has 2 N–H and O–H groups in total. The second kappa shape index (κ2) is 14.5. The van der Waals surface area contributed by atoms with E-state index in [9.17, 15) is 32.3 Å². The molecule has 5 rings (SSSR count). The van der Waals surface area contributed by atoms with Gasteiger partial charge in [-0.15, -0.1) is 0 Å². The highest BCUT2D eigenvalue weighted by Gasteiger charge is 2.39. The number of alkyl halides is 3. The van der Waals surface area contributed by atoms with Crippen molar-refractivity contribution in [3.63, 3.8) is 0 Å². The number of aromatic nitrogens is 4. The highest BCUT2D eigenvalue weighted by Crippen LogP contribution is 2.36. The second-order valence-electron chi connectivity index (χ2n) is 12.5. The maximum atomic E-state index is 13.9. The Bertz CT molecular complexity index is 1690. The SMILES string of the molecule is CC(C)CC(=O)Cn1cc(-c2cnc(C(=O)Nc3ccc(C(=O)N4CCN(C(=O)C5CCNCC5)CC4)c(Cl)c3)n2C)c(C(F)(F)F)n1. The number of benzene rings is 1. The van der Waals surface area contributed by atoms with E-state index in [0.717, 1.165) is 43.0 Å². The summed E-state index contributed by atoms with van der Waals surface area (Å²) >= 11 is 6.47. The lowest BCUT2D eigenvalue weighted by atomic mass is 9.96. The number of Topliss-reactive ketones (excluding diaryl/α,β-unsaturated/α-hetero) is 1. The van der Waals surface area contributed by atoms with Gasteiger partial charge < -0.3 is 25.0 Å². The summed E-state index contributed by atoms with van der Waals surface area (Å²) in [4.78, 5) is 59.0. The van der Waals surface area contributed by atoms with Gasteiger partial charge in [0.1, 0.15) is 0 Å². The van der Waals surface area contributed by atoms with Crippen molar-refractivity contribution >= 4 is 40.8 Å². The third kappa shape index (κ3) is 7.89. The van der Waals surface area contributed by atoms with Crippen molar-refractivity contribution in [1.29, 1.82) is 0 Å². The van der Waals surface area contributed by atoms with Crippen molar-refractivity contribution in [3.8, 4) is 11.3 Å². The molecule has 2 aliphatic rings. The molecule has 0 saturated carbocycles. The van der Waals surface area contributed by atoms with Gasteiger partial charge >= 0.3 is 6.18 Å². The topological polar surface area (TPSA) is 134 Å². The summed E-state index contributed by atoms with van der Waals surface area (Å²) in [6.07, 6.45) is -0.738. The first-order chi connectivity index (χ1) is 22.7. The van der Waals surface area contributed by atoms with Gasteiger partial charge in [-0.05, 0) is 50.0 Å². The Kier molecular flexibility index (Phi) is 10.6. The maximum Gasteiger partial charge on any atom is 0.435 e. The smallest absolute Gasteiger partial charge is 0.339 e. The summed E-state index contributed by atoms with van der Waals surface area (Å²) in [5.41, 5.74) is -1.06. The number of imidazole rings is 1. The van der Waals surface area contributed by atoms with Gasteiger partial charge in [-0.1, -0.05) is 25.4 Å². The largest absolute Gasteiger partial charge is 0.435 e. The fraction of sp³-hybridized carbons (Fsp3) is 0.500. The molecule has 0 atom stereocenters. The summed E-state index contributed by atoms with van der Waals surface area (Å²) in [7, 11) is 1.40. The number of nitrogens with zero attached hydrogens (tertiary/aromatic N) is 6. The van der Waals surface area contributed by atoms with Gasteiger partial charge in [0.2, 0.25) is 5.91 Å². The van der Waals surface area contributed by atoms with E-state index in [-0.39, 0.29) is 75.8 Å². The molecule has 2 fully saturated rings. The number of anilines is 1. The fourth-order valence-corrected chi connectivity index (χ4v) is 6.31. The number of nitrogens with one attached hydrogen (secondary N) is 2. The molecule has 16 heteroatoms. The van der Waals surface area contributed by atoms with Crippen LogP contribution in [0.4, 0.5) is 18.9 Å². The molecule has 3 aromatic rings. The predicted molar refractivity (Wildman–Crippen MR) is 171 cm³/mol.